The van der Waals surface area contributed by atoms with Gasteiger partial charge < -0.3 is 5.73 Å². The summed E-state index contributed by atoms with van der Waals surface area (Å²) in [5.74, 6) is 0.867. The highest BCUT2D eigenvalue weighted by molar-refractivity contribution is 7.90. The minimum absolute atomic E-state index is 0.203. The fourth-order valence-electron chi connectivity index (χ4n) is 1.64. The lowest BCUT2D eigenvalue weighted by Crippen LogP contribution is -2.39. The third-order valence-electron chi connectivity index (χ3n) is 2.95. The summed E-state index contributed by atoms with van der Waals surface area (Å²) < 4.78 is 26.0. The van der Waals surface area contributed by atoms with E-state index in [1.807, 2.05) is 6.92 Å². The summed E-state index contributed by atoms with van der Waals surface area (Å²) >= 11 is 0. The largest absolute Gasteiger partial charge is 0.329 e. The lowest BCUT2D eigenvalue weighted by atomic mass is 10.2. The third kappa shape index (κ3) is 4.49. The molecule has 1 aliphatic rings. The molecule has 0 aromatic carbocycles. The molecule has 90 valence electrons. The molecule has 1 fully saturated rings. The second-order valence-electron chi connectivity index (χ2n) is 4.29. The highest BCUT2D eigenvalue weighted by atomic mass is 32.2. The van der Waals surface area contributed by atoms with Crippen molar-refractivity contribution in [2.45, 2.75) is 44.3 Å². The average molecular weight is 234 g/mol. The molecular formula is C10H22N2O2S. The molecule has 0 aromatic rings. The van der Waals surface area contributed by atoms with Crippen molar-refractivity contribution in [3.63, 3.8) is 0 Å². The molecule has 4 nitrogen and oxygen atoms in total. The molecule has 3 N–H and O–H groups in total. The van der Waals surface area contributed by atoms with E-state index in [0.29, 0.717) is 13.0 Å². The number of rotatable bonds is 8. The maximum atomic E-state index is 11.7. The first-order valence-corrected chi connectivity index (χ1v) is 7.33. The topological polar surface area (TPSA) is 72.2 Å². The van der Waals surface area contributed by atoms with Gasteiger partial charge in [-0.25, -0.2) is 13.1 Å². The van der Waals surface area contributed by atoms with Crippen LogP contribution in [0.2, 0.25) is 0 Å². The molecule has 1 aliphatic carbocycles. The predicted molar refractivity (Wildman–Crippen MR) is 62.0 cm³/mol. The molecule has 0 spiro atoms. The van der Waals surface area contributed by atoms with Crippen LogP contribution in [0.15, 0.2) is 0 Å². The molecule has 1 atom stereocenters. The lowest BCUT2D eigenvalue weighted by Gasteiger charge is -2.14. The first-order valence-electron chi connectivity index (χ1n) is 5.78. The van der Waals surface area contributed by atoms with E-state index >= 15 is 0 Å². The fraction of sp³-hybridized carbons (Fsp3) is 1.00. The Bertz CT molecular complexity index is 269. The SMILES string of the molecule is CCC(CN)S(=O)(=O)NCCCC1CC1. The zero-order chi connectivity index (χ0) is 11.3. The second kappa shape index (κ2) is 5.82. The van der Waals surface area contributed by atoms with Gasteiger partial charge >= 0.3 is 0 Å². The molecule has 0 aliphatic heterocycles. The number of sulfonamides is 1. The summed E-state index contributed by atoms with van der Waals surface area (Å²) in [6, 6.07) is 0. The van der Waals surface area contributed by atoms with E-state index in [9.17, 15) is 8.42 Å². The van der Waals surface area contributed by atoms with Gasteiger partial charge in [0.1, 0.15) is 0 Å². The number of hydrogen-bond acceptors (Lipinski definition) is 3. The Morgan fingerprint density at radius 3 is 2.60 bits per heavy atom. The minimum Gasteiger partial charge on any atom is -0.329 e. The van der Waals surface area contributed by atoms with Gasteiger partial charge in [-0.05, 0) is 25.2 Å². The van der Waals surface area contributed by atoms with E-state index in [-0.39, 0.29) is 6.54 Å². The van der Waals surface area contributed by atoms with Crippen molar-refractivity contribution in [3.05, 3.63) is 0 Å². The first kappa shape index (κ1) is 12.9. The Morgan fingerprint density at radius 2 is 2.13 bits per heavy atom. The normalized spacial score (nSPS) is 19.1. The van der Waals surface area contributed by atoms with Gasteiger partial charge in [-0.3, -0.25) is 0 Å². The summed E-state index contributed by atoms with van der Waals surface area (Å²) in [7, 11) is -3.18. The summed E-state index contributed by atoms with van der Waals surface area (Å²) in [6.45, 7) is 2.62. The number of hydrogen-bond donors (Lipinski definition) is 2. The maximum Gasteiger partial charge on any atom is 0.215 e. The monoisotopic (exact) mass is 234 g/mol. The number of nitrogens with two attached hydrogens (primary N) is 1. The van der Waals surface area contributed by atoms with Crippen molar-refractivity contribution in [1.29, 1.82) is 0 Å². The third-order valence-corrected chi connectivity index (χ3v) is 4.96. The van der Waals surface area contributed by atoms with Gasteiger partial charge in [0, 0.05) is 13.1 Å². The van der Waals surface area contributed by atoms with Gasteiger partial charge in [0.25, 0.3) is 0 Å². The van der Waals surface area contributed by atoms with Crippen molar-refractivity contribution in [3.8, 4) is 0 Å². The number of nitrogens with one attached hydrogen (secondary N) is 1. The van der Waals surface area contributed by atoms with Crippen LogP contribution in [0.3, 0.4) is 0 Å². The van der Waals surface area contributed by atoms with Crippen molar-refractivity contribution < 1.29 is 8.42 Å². The maximum absolute atomic E-state index is 11.7. The van der Waals surface area contributed by atoms with Crippen molar-refractivity contribution in [1.82, 2.24) is 4.72 Å². The highest BCUT2D eigenvalue weighted by Crippen LogP contribution is 2.33. The van der Waals surface area contributed by atoms with Crippen LogP contribution in [0.5, 0.6) is 0 Å². The Balaban J connectivity index is 2.21. The van der Waals surface area contributed by atoms with E-state index in [1.54, 1.807) is 0 Å². The smallest absolute Gasteiger partial charge is 0.215 e. The molecule has 0 aromatic heterocycles. The molecule has 0 amide bonds. The Kier molecular flexibility index (Phi) is 5.02. The van der Waals surface area contributed by atoms with Crippen molar-refractivity contribution in [2.75, 3.05) is 13.1 Å². The lowest BCUT2D eigenvalue weighted by molar-refractivity contribution is 0.554. The molecule has 0 bridgehead atoms. The van der Waals surface area contributed by atoms with Crippen LogP contribution >= 0.6 is 0 Å². The Labute approximate surface area is 92.7 Å². The first-order chi connectivity index (χ1) is 7.10. The quantitative estimate of drug-likeness (QED) is 0.611. The molecule has 0 radical (unpaired) electrons. The Hall–Kier alpha value is -0.130. The van der Waals surface area contributed by atoms with Crippen LogP contribution in [0.1, 0.15) is 39.0 Å². The van der Waals surface area contributed by atoms with Gasteiger partial charge in [0.05, 0.1) is 5.25 Å². The summed E-state index contributed by atoms with van der Waals surface area (Å²) in [6.07, 6.45) is 5.33. The minimum atomic E-state index is -3.18. The van der Waals surface area contributed by atoms with E-state index in [2.05, 4.69) is 4.72 Å². The van der Waals surface area contributed by atoms with Gasteiger partial charge in [0.2, 0.25) is 10.0 Å². The summed E-state index contributed by atoms with van der Waals surface area (Å²) in [4.78, 5) is 0. The molecule has 15 heavy (non-hydrogen) atoms. The van der Waals surface area contributed by atoms with Crippen molar-refractivity contribution >= 4 is 10.0 Å². The zero-order valence-electron chi connectivity index (χ0n) is 9.41. The zero-order valence-corrected chi connectivity index (χ0v) is 10.2. The average Bonchev–Trinajstić information content (AvgIpc) is 2.97. The molecule has 1 saturated carbocycles. The summed E-state index contributed by atoms with van der Waals surface area (Å²) in [5.41, 5.74) is 5.41. The van der Waals surface area contributed by atoms with Crippen LogP contribution in [0.4, 0.5) is 0 Å². The predicted octanol–water partition coefficient (Wildman–Crippen LogP) is 0.833. The van der Waals surface area contributed by atoms with E-state index in [0.717, 1.165) is 18.8 Å². The second-order valence-corrected chi connectivity index (χ2v) is 6.34. The van der Waals surface area contributed by atoms with Gasteiger partial charge in [-0.2, -0.15) is 0 Å². The molecule has 0 heterocycles. The van der Waals surface area contributed by atoms with E-state index < -0.39 is 15.3 Å². The van der Waals surface area contributed by atoms with Crippen molar-refractivity contribution in [2.24, 2.45) is 11.7 Å². The van der Waals surface area contributed by atoms with Crippen LogP contribution < -0.4 is 10.5 Å². The van der Waals surface area contributed by atoms with Crippen LogP contribution in [0, 0.1) is 5.92 Å². The standard InChI is InChI=1S/C10H22N2O2S/c1-2-10(8-11)15(13,14)12-7-3-4-9-5-6-9/h9-10,12H,2-8,11H2,1H3. The highest BCUT2D eigenvalue weighted by Gasteiger charge is 2.23. The van der Waals surface area contributed by atoms with Crippen LogP contribution in [-0.2, 0) is 10.0 Å². The molecule has 1 rings (SSSR count). The molecule has 0 saturated heterocycles. The van der Waals surface area contributed by atoms with Gasteiger partial charge in [0.15, 0.2) is 0 Å². The van der Waals surface area contributed by atoms with E-state index in [4.69, 9.17) is 5.73 Å². The molecule has 5 heteroatoms. The van der Waals surface area contributed by atoms with Gasteiger partial charge in [-0.1, -0.05) is 19.8 Å². The molecular weight excluding hydrogens is 212 g/mol. The van der Waals surface area contributed by atoms with Crippen LogP contribution in [0.25, 0.3) is 0 Å². The fourth-order valence-corrected chi connectivity index (χ4v) is 3.00. The summed E-state index contributed by atoms with van der Waals surface area (Å²) in [5, 5.41) is -0.432. The van der Waals surface area contributed by atoms with Crippen LogP contribution in [-0.4, -0.2) is 26.8 Å². The van der Waals surface area contributed by atoms with Gasteiger partial charge in [-0.15, -0.1) is 0 Å². The Morgan fingerprint density at radius 1 is 1.47 bits per heavy atom. The molecule has 1 unspecified atom stereocenters. The van der Waals surface area contributed by atoms with E-state index in [1.165, 1.54) is 12.8 Å².